The summed E-state index contributed by atoms with van der Waals surface area (Å²) >= 11 is 0. The van der Waals surface area contributed by atoms with Gasteiger partial charge in [-0.1, -0.05) is 41.5 Å². The zero-order valence-corrected chi connectivity index (χ0v) is 30.6. The van der Waals surface area contributed by atoms with E-state index < -0.39 is 44.6 Å². The van der Waals surface area contributed by atoms with E-state index in [0.29, 0.717) is 30.1 Å². The quantitative estimate of drug-likeness (QED) is 0.258. The molecule has 0 spiro atoms. The Kier molecular flexibility index (Phi) is 8.25. The van der Waals surface area contributed by atoms with Gasteiger partial charge in [0.2, 0.25) is 0 Å². The lowest BCUT2D eigenvalue weighted by Crippen LogP contribution is -2.61. The normalized spacial score (nSPS) is 53.7. The van der Waals surface area contributed by atoms with Crippen LogP contribution in [0.4, 0.5) is 0 Å². The molecule has 0 aromatic rings. The Morgan fingerprint density at radius 2 is 1.53 bits per heavy atom. The summed E-state index contributed by atoms with van der Waals surface area (Å²) in [4.78, 5) is 0. The Hall–Kier alpha value is -0.380. The maximum Gasteiger partial charge on any atom is 0.397 e. The predicted octanol–water partition coefficient (Wildman–Crippen LogP) is 6.34. The van der Waals surface area contributed by atoms with Crippen molar-refractivity contribution in [1.82, 2.24) is 0 Å². The van der Waals surface area contributed by atoms with Crippen molar-refractivity contribution in [2.24, 2.45) is 57.7 Å². The van der Waals surface area contributed by atoms with Crippen molar-refractivity contribution < 1.29 is 48.5 Å². The minimum atomic E-state index is -4.89. The number of ether oxygens (including phenoxy) is 3. The second kappa shape index (κ2) is 11.1. The molecule has 47 heavy (non-hydrogen) atoms. The highest BCUT2D eigenvalue weighted by Crippen LogP contribution is 2.73. The first-order valence-corrected chi connectivity index (χ1v) is 20.8. The van der Waals surface area contributed by atoms with Gasteiger partial charge in [0, 0.05) is 12.3 Å². The van der Waals surface area contributed by atoms with Gasteiger partial charge in [-0.05, 0) is 123 Å². The van der Waals surface area contributed by atoms with Crippen molar-refractivity contribution in [3.63, 3.8) is 0 Å². The number of fused-ring (bicyclic) bond motifs is 10. The minimum Gasteiger partial charge on any atom is -0.324 e. The maximum absolute atomic E-state index is 11.9. The van der Waals surface area contributed by atoms with Crippen LogP contribution in [0.5, 0.6) is 0 Å². The van der Waals surface area contributed by atoms with Crippen LogP contribution in [0.15, 0.2) is 0 Å². The maximum atomic E-state index is 11.9. The van der Waals surface area contributed by atoms with Crippen LogP contribution in [0.3, 0.4) is 0 Å². The van der Waals surface area contributed by atoms with Crippen molar-refractivity contribution in [2.75, 3.05) is 0 Å². The molecule has 7 rings (SSSR count). The lowest BCUT2D eigenvalue weighted by Gasteiger charge is -2.62. The fourth-order valence-corrected chi connectivity index (χ4v) is 14.1. The molecule has 5 aliphatic carbocycles. The molecule has 0 aromatic carbocycles. The Bertz CT molecular complexity index is 1470. The number of hydrogen-bond donors (Lipinski definition) is 2. The molecule has 2 bridgehead atoms. The lowest BCUT2D eigenvalue weighted by atomic mass is 9.44. The molecule has 2 aliphatic heterocycles. The third-order valence-corrected chi connectivity index (χ3v) is 16.2. The monoisotopic (exact) mass is 704 g/mol. The Labute approximate surface area is 281 Å². The number of hydrogen-bond acceptors (Lipinski definition) is 9. The van der Waals surface area contributed by atoms with Gasteiger partial charge in [0.15, 0.2) is 0 Å². The van der Waals surface area contributed by atoms with Crippen molar-refractivity contribution >= 4 is 20.8 Å². The summed E-state index contributed by atoms with van der Waals surface area (Å²) in [5.74, 6) is 1.44. The predicted molar refractivity (Wildman–Crippen MR) is 171 cm³/mol. The standard InChI is InChI=1S/C34H56O11S2/c1-8-12-34-41-26-15-24-22-10-9-21-14-25(43-46(35,36)37)27(44-47(38,39)40)17-31(21,6)23(22)11-13-30(24,5)29(26)32(7,45-34)28(42-34)18-33(19(2)3)16-20(33)4/h19-29H,8-18H2,1-7H3,(H,35,36,37)(H,38,39,40)/t20?,21-,22+,23-,24-,25?,26?,27?,28+,29?,30-,31-,32-,33?,34?/m0/s1. The van der Waals surface area contributed by atoms with Crippen molar-refractivity contribution in [3.8, 4) is 0 Å². The van der Waals surface area contributed by atoms with Crippen LogP contribution in [0.25, 0.3) is 0 Å². The Balaban J connectivity index is 1.19. The molecule has 11 nitrogen and oxygen atoms in total. The fourth-order valence-electron chi connectivity index (χ4n) is 13.1. The molecule has 13 heteroatoms. The van der Waals surface area contributed by atoms with Gasteiger partial charge in [0.1, 0.15) is 17.8 Å². The third kappa shape index (κ3) is 5.50. The fraction of sp³-hybridized carbons (Fsp3) is 1.00. The van der Waals surface area contributed by atoms with E-state index in [1.54, 1.807) is 0 Å². The smallest absolute Gasteiger partial charge is 0.324 e. The van der Waals surface area contributed by atoms with Crippen LogP contribution >= 0.6 is 0 Å². The van der Waals surface area contributed by atoms with Crippen LogP contribution in [-0.4, -0.2) is 61.9 Å². The molecule has 15 atom stereocenters. The molecule has 7 fully saturated rings. The second-order valence-corrected chi connectivity index (χ2v) is 19.8. The van der Waals surface area contributed by atoms with Crippen LogP contribution in [-0.2, 0) is 43.4 Å². The average Bonchev–Trinajstić information content (AvgIpc) is 3.39. The van der Waals surface area contributed by atoms with Crippen molar-refractivity contribution in [3.05, 3.63) is 0 Å². The molecular formula is C34H56O11S2. The van der Waals surface area contributed by atoms with Crippen LogP contribution in [0.2, 0.25) is 0 Å². The summed E-state index contributed by atoms with van der Waals surface area (Å²) < 4.78 is 97.2. The van der Waals surface area contributed by atoms with Gasteiger partial charge in [0.25, 0.3) is 5.97 Å². The third-order valence-electron chi connectivity index (χ3n) is 15.2. The average molecular weight is 705 g/mol. The van der Waals surface area contributed by atoms with Gasteiger partial charge in [-0.25, -0.2) is 8.37 Å². The lowest BCUT2D eigenvalue weighted by molar-refractivity contribution is -0.403. The highest BCUT2D eigenvalue weighted by Gasteiger charge is 2.75. The summed E-state index contributed by atoms with van der Waals surface area (Å²) in [6, 6.07) is 0. The second-order valence-electron chi connectivity index (χ2n) is 17.7. The first-order valence-electron chi connectivity index (χ1n) is 18.1. The van der Waals surface area contributed by atoms with Crippen molar-refractivity contribution in [2.45, 2.75) is 155 Å². The van der Waals surface area contributed by atoms with E-state index in [1.807, 2.05) is 0 Å². The first kappa shape index (κ1) is 35.0. The van der Waals surface area contributed by atoms with Gasteiger partial charge in [-0.3, -0.25) is 9.11 Å². The highest BCUT2D eigenvalue weighted by atomic mass is 32.3. The van der Waals surface area contributed by atoms with E-state index >= 15 is 0 Å². The van der Waals surface area contributed by atoms with Gasteiger partial charge >= 0.3 is 20.8 Å². The Morgan fingerprint density at radius 1 is 0.872 bits per heavy atom. The van der Waals surface area contributed by atoms with Gasteiger partial charge in [-0.15, -0.1) is 0 Å². The molecule has 7 unspecified atom stereocenters. The summed E-state index contributed by atoms with van der Waals surface area (Å²) in [6.45, 7) is 16.1. The highest BCUT2D eigenvalue weighted by molar-refractivity contribution is 7.81. The summed E-state index contributed by atoms with van der Waals surface area (Å²) in [6.07, 6.45) is 6.38. The molecule has 0 aromatic heterocycles. The van der Waals surface area contributed by atoms with Gasteiger partial charge < -0.3 is 14.2 Å². The zero-order valence-electron chi connectivity index (χ0n) is 29.0. The van der Waals surface area contributed by atoms with Crippen LogP contribution in [0, 0.1) is 57.7 Å². The van der Waals surface area contributed by atoms with E-state index in [4.69, 9.17) is 22.6 Å². The number of rotatable bonds is 9. The molecule has 2 N–H and O–H groups in total. The van der Waals surface area contributed by atoms with E-state index in [1.165, 1.54) is 6.42 Å². The van der Waals surface area contributed by atoms with E-state index in [2.05, 4.69) is 48.5 Å². The van der Waals surface area contributed by atoms with E-state index in [-0.39, 0.29) is 59.0 Å². The molecule has 2 heterocycles. The van der Waals surface area contributed by atoms with E-state index in [0.717, 1.165) is 44.9 Å². The van der Waals surface area contributed by atoms with Crippen LogP contribution in [0.1, 0.15) is 119 Å². The molecule has 5 saturated carbocycles. The molecule has 7 aliphatic rings. The molecule has 0 amide bonds. The Morgan fingerprint density at radius 3 is 2.13 bits per heavy atom. The summed E-state index contributed by atoms with van der Waals surface area (Å²) in [5, 5.41) is 0. The van der Waals surface area contributed by atoms with Crippen LogP contribution < -0.4 is 0 Å². The molecule has 270 valence electrons. The molecule has 2 saturated heterocycles. The van der Waals surface area contributed by atoms with Crippen molar-refractivity contribution in [1.29, 1.82) is 0 Å². The first-order chi connectivity index (χ1) is 21.7. The summed E-state index contributed by atoms with van der Waals surface area (Å²) in [5.41, 5.74) is -0.615. The molecular weight excluding hydrogens is 648 g/mol. The molecule has 0 radical (unpaired) electrons. The largest absolute Gasteiger partial charge is 0.397 e. The van der Waals surface area contributed by atoms with E-state index in [9.17, 15) is 25.9 Å². The van der Waals surface area contributed by atoms with Gasteiger partial charge in [-0.2, -0.15) is 16.8 Å². The topological polar surface area (TPSA) is 155 Å². The zero-order chi connectivity index (χ0) is 34.2. The SMILES string of the molecule is CCCC12OC3C[C@H]4[C@@H]5CC[C@H]6CC(OS(=O)(=O)O)C(OS(=O)(=O)O)C[C@]6(C)[C@H]5CC[C@]4(C)C3[C@@](C)(O1)[C@@H](CC1(C(C)C)CC1C)O2. The summed E-state index contributed by atoms with van der Waals surface area (Å²) in [7, 11) is -9.75. The minimum absolute atomic E-state index is 0.0192. The van der Waals surface area contributed by atoms with Gasteiger partial charge in [0.05, 0.1) is 12.2 Å².